The third-order valence-corrected chi connectivity index (χ3v) is 6.91. The van der Waals surface area contributed by atoms with Gasteiger partial charge in [0.2, 0.25) is 10.0 Å². The normalized spacial score (nSPS) is 24.1. The quantitative estimate of drug-likeness (QED) is 0.575. The molecule has 8 heteroatoms. The van der Waals surface area contributed by atoms with Crippen LogP contribution in [0.2, 0.25) is 0 Å². The molecule has 3 rings (SSSR count). The number of amides is 1. The molecule has 0 aromatic heterocycles. The second-order valence-corrected chi connectivity index (χ2v) is 8.96. The lowest BCUT2D eigenvalue weighted by atomic mass is 10.1. The Kier molecular flexibility index (Phi) is 5.96. The van der Waals surface area contributed by atoms with Gasteiger partial charge in [-0.05, 0) is 37.5 Å². The summed E-state index contributed by atoms with van der Waals surface area (Å²) in [5.74, 6) is -0.363. The van der Waals surface area contributed by atoms with Gasteiger partial charge in [-0.1, -0.05) is 18.9 Å². The molecule has 26 heavy (non-hydrogen) atoms. The van der Waals surface area contributed by atoms with E-state index in [1.165, 1.54) is 6.07 Å². The van der Waals surface area contributed by atoms with Gasteiger partial charge in [-0.3, -0.25) is 4.79 Å². The van der Waals surface area contributed by atoms with Crippen molar-refractivity contribution >= 4 is 15.9 Å². The first-order valence-corrected chi connectivity index (χ1v) is 10.6. The Morgan fingerprint density at radius 1 is 1.27 bits per heavy atom. The zero-order chi connectivity index (χ0) is 18.7. The predicted octanol–water partition coefficient (Wildman–Crippen LogP) is 0.526. The first-order chi connectivity index (χ1) is 12.4. The smallest absolute Gasteiger partial charge is 0.251 e. The summed E-state index contributed by atoms with van der Waals surface area (Å²) in [6, 6.07) is 4.70. The fourth-order valence-corrected chi connectivity index (χ4v) is 5.19. The minimum Gasteiger partial charge on any atom is -0.391 e. The molecule has 2 atom stereocenters. The number of aryl methyl sites for hydroxylation is 1. The minimum absolute atomic E-state index is 0.0202. The van der Waals surface area contributed by atoms with Gasteiger partial charge in [0, 0.05) is 37.2 Å². The molecule has 7 nitrogen and oxygen atoms in total. The van der Waals surface area contributed by atoms with E-state index < -0.39 is 16.1 Å². The van der Waals surface area contributed by atoms with E-state index >= 15 is 0 Å². The maximum absolute atomic E-state index is 12.7. The lowest BCUT2D eigenvalue weighted by molar-refractivity contribution is 0.0927. The van der Waals surface area contributed by atoms with Crippen molar-refractivity contribution in [2.75, 3.05) is 19.6 Å². The fourth-order valence-electron chi connectivity index (χ4n) is 3.61. The topological polar surface area (TPSA) is 108 Å². The summed E-state index contributed by atoms with van der Waals surface area (Å²) in [6.45, 7) is 3.26. The predicted molar refractivity (Wildman–Crippen MR) is 98.5 cm³/mol. The number of sulfonamides is 1. The van der Waals surface area contributed by atoms with Crippen molar-refractivity contribution in [3.05, 3.63) is 29.3 Å². The fraction of sp³-hybridized carbons (Fsp3) is 0.611. The van der Waals surface area contributed by atoms with Gasteiger partial charge < -0.3 is 15.7 Å². The summed E-state index contributed by atoms with van der Waals surface area (Å²) < 4.78 is 28.2. The van der Waals surface area contributed by atoms with Crippen molar-refractivity contribution < 1.29 is 18.3 Å². The Labute approximate surface area is 154 Å². The number of aliphatic hydroxyl groups excluding tert-OH is 1. The third kappa shape index (κ3) is 4.43. The Morgan fingerprint density at radius 3 is 2.65 bits per heavy atom. The number of benzene rings is 1. The summed E-state index contributed by atoms with van der Waals surface area (Å²) in [5, 5.41) is 15.6. The molecular weight excluding hydrogens is 354 g/mol. The Morgan fingerprint density at radius 2 is 2.00 bits per heavy atom. The maximum atomic E-state index is 12.7. The number of hydrogen-bond acceptors (Lipinski definition) is 5. The minimum atomic E-state index is -3.65. The number of hydrogen-bond donors (Lipinski definition) is 4. The molecule has 1 aromatic carbocycles. The molecule has 1 aliphatic heterocycles. The number of rotatable bonds is 6. The van der Waals surface area contributed by atoms with Crippen molar-refractivity contribution in [3.8, 4) is 0 Å². The maximum Gasteiger partial charge on any atom is 0.251 e. The largest absolute Gasteiger partial charge is 0.391 e. The van der Waals surface area contributed by atoms with E-state index in [9.17, 15) is 18.3 Å². The van der Waals surface area contributed by atoms with E-state index in [0.29, 0.717) is 30.8 Å². The molecule has 1 aliphatic carbocycles. The molecule has 1 saturated heterocycles. The van der Waals surface area contributed by atoms with Gasteiger partial charge in [0.05, 0.1) is 11.0 Å². The molecule has 0 spiro atoms. The van der Waals surface area contributed by atoms with Crippen LogP contribution in [0.15, 0.2) is 23.1 Å². The average Bonchev–Trinajstić information content (AvgIpc) is 3.24. The van der Waals surface area contributed by atoms with Crippen molar-refractivity contribution in [1.29, 1.82) is 0 Å². The summed E-state index contributed by atoms with van der Waals surface area (Å²) in [6.07, 6.45) is 3.32. The highest BCUT2D eigenvalue weighted by Gasteiger charge is 2.27. The van der Waals surface area contributed by atoms with E-state index in [2.05, 4.69) is 15.4 Å². The van der Waals surface area contributed by atoms with Crippen molar-refractivity contribution in [2.24, 2.45) is 5.92 Å². The first kappa shape index (κ1) is 19.3. The van der Waals surface area contributed by atoms with Crippen LogP contribution in [0.1, 0.15) is 41.6 Å². The number of carbonyl (C=O) groups is 1. The van der Waals surface area contributed by atoms with Crippen molar-refractivity contribution in [3.63, 3.8) is 0 Å². The van der Waals surface area contributed by atoms with Crippen LogP contribution in [-0.4, -0.2) is 51.2 Å². The van der Waals surface area contributed by atoms with Crippen LogP contribution in [0.3, 0.4) is 0 Å². The van der Waals surface area contributed by atoms with Crippen molar-refractivity contribution in [2.45, 2.75) is 49.6 Å². The van der Waals surface area contributed by atoms with Gasteiger partial charge in [-0.15, -0.1) is 0 Å². The molecule has 2 unspecified atom stereocenters. The second-order valence-electron chi connectivity index (χ2n) is 7.28. The number of carbonyl (C=O) groups excluding carboxylic acids is 1. The van der Waals surface area contributed by atoms with Crippen LogP contribution in [0.5, 0.6) is 0 Å². The molecule has 2 fully saturated rings. The van der Waals surface area contributed by atoms with Crippen LogP contribution >= 0.6 is 0 Å². The van der Waals surface area contributed by atoms with Crippen LogP contribution in [0.4, 0.5) is 0 Å². The molecule has 4 N–H and O–H groups in total. The van der Waals surface area contributed by atoms with Crippen LogP contribution in [-0.2, 0) is 10.0 Å². The Balaban J connectivity index is 1.70. The molecular formula is C18H27N3O4S. The number of aliphatic hydroxyl groups is 1. The van der Waals surface area contributed by atoms with Crippen LogP contribution in [0, 0.1) is 12.8 Å². The zero-order valence-corrected chi connectivity index (χ0v) is 15.8. The third-order valence-electron chi connectivity index (χ3n) is 5.25. The van der Waals surface area contributed by atoms with Crippen molar-refractivity contribution in [1.82, 2.24) is 15.4 Å². The van der Waals surface area contributed by atoms with E-state index in [1.807, 2.05) is 0 Å². The monoisotopic (exact) mass is 381 g/mol. The average molecular weight is 381 g/mol. The SMILES string of the molecule is Cc1ccc(C(=O)NCC2CNCC2O)cc1S(=O)(=O)NC1CCCC1. The molecule has 1 saturated carbocycles. The highest BCUT2D eigenvalue weighted by atomic mass is 32.2. The lowest BCUT2D eigenvalue weighted by Crippen LogP contribution is -2.35. The van der Waals surface area contributed by atoms with Gasteiger partial charge in [-0.2, -0.15) is 0 Å². The summed E-state index contributed by atoms with van der Waals surface area (Å²) in [4.78, 5) is 12.6. The van der Waals surface area contributed by atoms with E-state index in [-0.39, 0.29) is 22.8 Å². The summed E-state index contributed by atoms with van der Waals surface area (Å²) in [7, 11) is -3.65. The van der Waals surface area contributed by atoms with E-state index in [4.69, 9.17) is 0 Å². The van der Waals surface area contributed by atoms with Gasteiger partial charge >= 0.3 is 0 Å². The molecule has 1 aromatic rings. The van der Waals surface area contributed by atoms with Crippen LogP contribution in [0.25, 0.3) is 0 Å². The molecule has 0 bridgehead atoms. The highest BCUT2D eigenvalue weighted by Crippen LogP contribution is 2.22. The molecule has 2 aliphatic rings. The van der Waals surface area contributed by atoms with Crippen LogP contribution < -0.4 is 15.4 Å². The molecule has 144 valence electrons. The first-order valence-electron chi connectivity index (χ1n) is 9.17. The van der Waals surface area contributed by atoms with E-state index in [1.54, 1.807) is 19.1 Å². The standard InChI is InChI=1S/C18H27N3O4S/c1-12-6-7-13(18(23)20-10-14-9-19-11-16(14)22)8-17(12)26(24,25)21-15-4-2-3-5-15/h6-8,14-16,19,21-22H,2-5,9-11H2,1H3,(H,20,23). The van der Waals surface area contributed by atoms with Gasteiger partial charge in [0.25, 0.3) is 5.91 Å². The van der Waals surface area contributed by atoms with E-state index in [0.717, 1.165) is 25.7 Å². The summed E-state index contributed by atoms with van der Waals surface area (Å²) in [5.41, 5.74) is 0.922. The van der Waals surface area contributed by atoms with Gasteiger partial charge in [-0.25, -0.2) is 13.1 Å². The zero-order valence-electron chi connectivity index (χ0n) is 15.0. The molecule has 1 amide bonds. The lowest BCUT2D eigenvalue weighted by Gasteiger charge is -2.16. The number of nitrogens with one attached hydrogen (secondary N) is 3. The number of β-amino-alcohol motifs (C(OH)–C–C–N with tert-alkyl or cyclic N) is 1. The van der Waals surface area contributed by atoms with Gasteiger partial charge in [0.15, 0.2) is 0 Å². The highest BCUT2D eigenvalue weighted by molar-refractivity contribution is 7.89. The Hall–Kier alpha value is -1.48. The molecule has 1 heterocycles. The second kappa shape index (κ2) is 8.04. The summed E-state index contributed by atoms with van der Waals surface area (Å²) >= 11 is 0. The molecule has 0 radical (unpaired) electrons. The van der Waals surface area contributed by atoms with Gasteiger partial charge in [0.1, 0.15) is 0 Å². The Bertz CT molecular complexity index is 760.